The van der Waals surface area contributed by atoms with Crippen molar-refractivity contribution in [2.45, 2.75) is 64.3 Å². The van der Waals surface area contributed by atoms with E-state index in [1.54, 1.807) is 35.2 Å². The van der Waals surface area contributed by atoms with Gasteiger partial charge in [0.05, 0.1) is 13.7 Å². The summed E-state index contributed by atoms with van der Waals surface area (Å²) >= 11 is 0. The molecule has 12 heteroatoms. The lowest BCUT2D eigenvalue weighted by molar-refractivity contribution is -0.131. The van der Waals surface area contributed by atoms with E-state index in [0.29, 0.717) is 43.1 Å². The smallest absolute Gasteiger partial charge is 0.412 e. The number of likely N-dealkylation sites (tertiary alicyclic amines) is 1. The highest BCUT2D eigenvalue weighted by Crippen LogP contribution is 2.34. The standard InChI is InChI=1S/C33H42FN5O6/c1-22(2)30-35-32(45-36-30)38-18-14-23(15-19-38)7-6-20-44-26-12-13-27(28(34)21-26)29(31(40)37-16-4-5-17-37)39(33(41)42)24-8-10-25(43-3)11-9-24/h8-13,21-23,29H,4-7,14-20H2,1-3H3,(H,41,42). The number of benzene rings is 2. The van der Waals surface area contributed by atoms with Crippen molar-refractivity contribution >= 4 is 23.7 Å². The third-order valence-corrected chi connectivity index (χ3v) is 8.59. The second-order valence-electron chi connectivity index (χ2n) is 12.0. The molecule has 1 unspecified atom stereocenters. The zero-order chi connectivity index (χ0) is 31.9. The number of carbonyl (C=O) groups excluding carboxylic acids is 1. The molecule has 1 atom stereocenters. The predicted octanol–water partition coefficient (Wildman–Crippen LogP) is 6.26. The molecule has 242 valence electrons. The quantitative estimate of drug-likeness (QED) is 0.233. The molecule has 3 aromatic rings. The van der Waals surface area contributed by atoms with Gasteiger partial charge in [-0.2, -0.15) is 4.98 Å². The molecule has 0 spiro atoms. The number of hydrogen-bond donors (Lipinski definition) is 1. The molecule has 2 aliphatic rings. The van der Waals surface area contributed by atoms with E-state index in [0.717, 1.165) is 62.3 Å². The van der Waals surface area contributed by atoms with Crippen molar-refractivity contribution in [3.05, 3.63) is 59.7 Å². The van der Waals surface area contributed by atoms with Crippen molar-refractivity contribution in [2.24, 2.45) is 5.92 Å². The number of anilines is 2. The van der Waals surface area contributed by atoms with Crippen molar-refractivity contribution < 1.29 is 33.1 Å². The summed E-state index contributed by atoms with van der Waals surface area (Å²) < 4.78 is 32.2. The van der Waals surface area contributed by atoms with E-state index in [1.165, 1.54) is 19.2 Å². The van der Waals surface area contributed by atoms with Crippen molar-refractivity contribution in [3.8, 4) is 11.5 Å². The van der Waals surface area contributed by atoms with Crippen molar-refractivity contribution in [2.75, 3.05) is 49.7 Å². The Balaban J connectivity index is 1.20. The third kappa shape index (κ3) is 7.66. The molecule has 2 fully saturated rings. The Hall–Kier alpha value is -4.35. The molecule has 2 saturated heterocycles. The molecule has 0 radical (unpaired) electrons. The molecular formula is C33H42FN5O6. The molecule has 3 heterocycles. The van der Waals surface area contributed by atoms with Crippen LogP contribution in [0.15, 0.2) is 47.0 Å². The number of nitrogens with zero attached hydrogens (tertiary/aromatic N) is 5. The van der Waals surface area contributed by atoms with E-state index >= 15 is 4.39 Å². The van der Waals surface area contributed by atoms with Crippen LogP contribution in [-0.4, -0.2) is 72.0 Å². The van der Waals surface area contributed by atoms with E-state index in [1.807, 2.05) is 13.8 Å². The number of carboxylic acid groups (broad SMARTS) is 1. The van der Waals surface area contributed by atoms with E-state index in [4.69, 9.17) is 14.0 Å². The lowest BCUT2D eigenvalue weighted by Crippen LogP contribution is -2.44. The Labute approximate surface area is 262 Å². The summed E-state index contributed by atoms with van der Waals surface area (Å²) in [7, 11) is 1.51. The molecule has 2 aromatic carbocycles. The highest BCUT2D eigenvalue weighted by Gasteiger charge is 2.38. The summed E-state index contributed by atoms with van der Waals surface area (Å²) in [6, 6.07) is 9.80. The first-order chi connectivity index (χ1) is 21.7. The second-order valence-corrected chi connectivity index (χ2v) is 12.0. The topological polar surface area (TPSA) is 121 Å². The van der Waals surface area contributed by atoms with Gasteiger partial charge in [-0.3, -0.25) is 9.69 Å². The van der Waals surface area contributed by atoms with Gasteiger partial charge in [0.25, 0.3) is 5.91 Å². The van der Waals surface area contributed by atoms with Gasteiger partial charge < -0.3 is 28.9 Å². The summed E-state index contributed by atoms with van der Waals surface area (Å²) in [4.78, 5) is 35.4. The molecule has 0 bridgehead atoms. The van der Waals surface area contributed by atoms with Gasteiger partial charge in [0.15, 0.2) is 5.82 Å². The van der Waals surface area contributed by atoms with Gasteiger partial charge in [-0.25, -0.2) is 9.18 Å². The molecule has 2 amide bonds. The van der Waals surface area contributed by atoms with Crippen LogP contribution in [0.1, 0.15) is 75.7 Å². The summed E-state index contributed by atoms with van der Waals surface area (Å²) in [6.07, 6.45) is 4.11. The molecule has 11 nitrogen and oxygen atoms in total. The van der Waals surface area contributed by atoms with Gasteiger partial charge in [-0.15, -0.1) is 0 Å². The molecular weight excluding hydrogens is 581 g/mol. The Morgan fingerprint density at radius 1 is 1.07 bits per heavy atom. The largest absolute Gasteiger partial charge is 0.497 e. The first kappa shape index (κ1) is 32.1. The van der Waals surface area contributed by atoms with Crippen LogP contribution in [-0.2, 0) is 4.79 Å². The fraction of sp³-hybridized carbons (Fsp3) is 0.515. The first-order valence-corrected chi connectivity index (χ1v) is 15.7. The fourth-order valence-corrected chi connectivity index (χ4v) is 5.99. The molecule has 1 aromatic heterocycles. The Kier molecular flexibility index (Phi) is 10.4. The molecule has 1 N–H and O–H groups in total. The summed E-state index contributed by atoms with van der Waals surface area (Å²) in [5.41, 5.74) is 0.217. The third-order valence-electron chi connectivity index (χ3n) is 8.59. The SMILES string of the molecule is COc1ccc(N(C(=O)O)C(C(=O)N2CCCC2)c2ccc(OCCCC3CCN(c4nc(C(C)C)no4)CC3)cc2F)cc1. The van der Waals surface area contributed by atoms with Crippen LogP contribution in [0.3, 0.4) is 0 Å². The van der Waals surface area contributed by atoms with E-state index in [2.05, 4.69) is 15.0 Å². The summed E-state index contributed by atoms with van der Waals surface area (Å²) in [5.74, 6) is 1.22. The zero-order valence-corrected chi connectivity index (χ0v) is 26.2. The number of ether oxygens (including phenoxy) is 2. The maximum atomic E-state index is 15.7. The Morgan fingerprint density at radius 2 is 1.76 bits per heavy atom. The predicted molar refractivity (Wildman–Crippen MR) is 167 cm³/mol. The Morgan fingerprint density at radius 3 is 2.36 bits per heavy atom. The number of carbonyl (C=O) groups is 2. The second kappa shape index (κ2) is 14.6. The average Bonchev–Trinajstić information content (AvgIpc) is 3.76. The number of halogens is 1. The van der Waals surface area contributed by atoms with E-state index < -0.39 is 23.9 Å². The number of methoxy groups -OCH3 is 1. The fourth-order valence-electron chi connectivity index (χ4n) is 5.99. The van der Waals surface area contributed by atoms with Gasteiger partial charge in [0.1, 0.15) is 23.4 Å². The van der Waals surface area contributed by atoms with E-state index in [9.17, 15) is 14.7 Å². The Bertz CT molecular complexity index is 1430. The van der Waals surface area contributed by atoms with Crippen molar-refractivity contribution in [3.63, 3.8) is 0 Å². The maximum Gasteiger partial charge on any atom is 0.412 e. The van der Waals surface area contributed by atoms with E-state index in [-0.39, 0.29) is 17.2 Å². The van der Waals surface area contributed by atoms with Crippen LogP contribution in [0.25, 0.3) is 0 Å². The molecule has 0 saturated carbocycles. The highest BCUT2D eigenvalue weighted by molar-refractivity contribution is 5.97. The first-order valence-electron chi connectivity index (χ1n) is 15.7. The minimum absolute atomic E-state index is 0.0222. The van der Waals surface area contributed by atoms with Crippen molar-refractivity contribution in [1.82, 2.24) is 15.0 Å². The van der Waals surface area contributed by atoms with Crippen LogP contribution in [0.4, 0.5) is 20.9 Å². The maximum absolute atomic E-state index is 15.7. The minimum atomic E-state index is -1.39. The molecule has 2 aliphatic heterocycles. The van der Waals surface area contributed by atoms with Crippen LogP contribution < -0.4 is 19.3 Å². The number of amides is 2. The number of hydrogen-bond acceptors (Lipinski definition) is 8. The lowest BCUT2D eigenvalue weighted by Gasteiger charge is -2.32. The number of aromatic nitrogens is 2. The highest BCUT2D eigenvalue weighted by atomic mass is 19.1. The lowest BCUT2D eigenvalue weighted by atomic mass is 9.92. The number of piperidine rings is 1. The summed E-state index contributed by atoms with van der Waals surface area (Å²) in [6.45, 7) is 7.22. The summed E-state index contributed by atoms with van der Waals surface area (Å²) in [5, 5.41) is 14.3. The zero-order valence-electron chi connectivity index (χ0n) is 26.2. The molecule has 0 aliphatic carbocycles. The van der Waals surface area contributed by atoms with Crippen LogP contribution in [0.2, 0.25) is 0 Å². The van der Waals surface area contributed by atoms with Gasteiger partial charge in [0, 0.05) is 49.4 Å². The van der Waals surface area contributed by atoms with Crippen LogP contribution in [0, 0.1) is 11.7 Å². The average molecular weight is 624 g/mol. The normalized spacial score (nSPS) is 16.2. The minimum Gasteiger partial charge on any atom is -0.497 e. The molecule has 45 heavy (non-hydrogen) atoms. The van der Waals surface area contributed by atoms with Crippen LogP contribution >= 0.6 is 0 Å². The molecule has 5 rings (SSSR count). The van der Waals surface area contributed by atoms with Crippen molar-refractivity contribution in [1.29, 1.82) is 0 Å². The van der Waals surface area contributed by atoms with Gasteiger partial charge >= 0.3 is 12.1 Å². The van der Waals surface area contributed by atoms with Gasteiger partial charge in [-0.05, 0) is 80.8 Å². The monoisotopic (exact) mass is 623 g/mol. The number of rotatable bonds is 12. The van der Waals surface area contributed by atoms with Gasteiger partial charge in [-0.1, -0.05) is 19.0 Å². The van der Waals surface area contributed by atoms with Gasteiger partial charge in [0.2, 0.25) is 0 Å². The van der Waals surface area contributed by atoms with Crippen LogP contribution in [0.5, 0.6) is 11.5 Å².